The van der Waals surface area contributed by atoms with Crippen molar-refractivity contribution >= 4 is 0 Å². The molecule has 1 atom stereocenters. The number of unbranched alkanes of at least 4 members (excludes halogenated alkanes) is 1. The number of ether oxygens (including phenoxy) is 2. The summed E-state index contributed by atoms with van der Waals surface area (Å²) < 4.78 is 10.6. The fraction of sp³-hybridized carbons (Fsp3) is 1.00. The summed E-state index contributed by atoms with van der Waals surface area (Å²) in [6, 6.07) is 0. The molecule has 0 amide bonds. The number of hydrogen-bond acceptors (Lipinski definition) is 3. The minimum Gasteiger partial charge on any atom is -0.382 e. The molecule has 0 aromatic carbocycles. The number of hydrogen-bond donors (Lipinski definition) is 1. The number of methoxy groups -OCH3 is 1. The summed E-state index contributed by atoms with van der Waals surface area (Å²) in [4.78, 5) is 0. The second kappa shape index (κ2) is 13.8. The normalized spacial score (nSPS) is 14.4. The summed E-state index contributed by atoms with van der Waals surface area (Å²) in [5, 5.41) is 3.64. The van der Waals surface area contributed by atoms with Crippen LogP contribution in [0.25, 0.3) is 0 Å². The van der Waals surface area contributed by atoms with E-state index in [4.69, 9.17) is 9.47 Å². The molecular formula is C17H37NO2. The Bertz CT molecular complexity index is 199. The van der Waals surface area contributed by atoms with Gasteiger partial charge < -0.3 is 14.8 Å². The Balaban J connectivity index is 4.06. The number of rotatable bonds is 15. The van der Waals surface area contributed by atoms with E-state index in [9.17, 15) is 0 Å². The lowest BCUT2D eigenvalue weighted by Gasteiger charge is -2.33. The Morgan fingerprint density at radius 3 is 2.25 bits per heavy atom. The molecule has 0 aromatic rings. The summed E-state index contributed by atoms with van der Waals surface area (Å²) in [6.07, 6.45) is 8.89. The van der Waals surface area contributed by atoms with E-state index in [0.717, 1.165) is 32.7 Å². The molecule has 0 rings (SSSR count). The van der Waals surface area contributed by atoms with Crippen LogP contribution >= 0.6 is 0 Å². The first kappa shape index (κ1) is 19.9. The van der Waals surface area contributed by atoms with Gasteiger partial charge in [0.15, 0.2) is 0 Å². The quantitative estimate of drug-likeness (QED) is 0.462. The fourth-order valence-electron chi connectivity index (χ4n) is 2.66. The predicted octanol–water partition coefficient (Wildman–Crippen LogP) is 4.02. The van der Waals surface area contributed by atoms with Crippen molar-refractivity contribution in [1.29, 1.82) is 0 Å². The summed E-state index contributed by atoms with van der Waals surface area (Å²) in [5.41, 5.74) is 0.468. The lowest BCUT2D eigenvalue weighted by atomic mass is 9.76. The molecule has 0 aliphatic heterocycles. The molecule has 1 unspecified atom stereocenters. The highest BCUT2D eigenvalue weighted by molar-refractivity contribution is 4.80. The topological polar surface area (TPSA) is 30.5 Å². The summed E-state index contributed by atoms with van der Waals surface area (Å²) in [6.45, 7) is 11.4. The molecule has 3 nitrogen and oxygen atoms in total. The summed E-state index contributed by atoms with van der Waals surface area (Å²) in [5.74, 6) is 0. The lowest BCUT2D eigenvalue weighted by Crippen LogP contribution is -2.34. The van der Waals surface area contributed by atoms with Gasteiger partial charge in [-0.2, -0.15) is 0 Å². The van der Waals surface area contributed by atoms with Crippen LogP contribution in [-0.4, -0.2) is 40.0 Å². The van der Waals surface area contributed by atoms with Gasteiger partial charge in [0.1, 0.15) is 0 Å². The van der Waals surface area contributed by atoms with Gasteiger partial charge in [0.05, 0.1) is 13.2 Å². The van der Waals surface area contributed by atoms with Crippen molar-refractivity contribution in [2.45, 2.75) is 65.7 Å². The van der Waals surface area contributed by atoms with Crippen LogP contribution in [0.1, 0.15) is 65.7 Å². The van der Waals surface area contributed by atoms with Crippen molar-refractivity contribution < 1.29 is 9.47 Å². The van der Waals surface area contributed by atoms with Crippen LogP contribution in [0.15, 0.2) is 0 Å². The maximum Gasteiger partial charge on any atom is 0.0700 e. The maximum absolute atomic E-state index is 5.60. The third-order valence-electron chi connectivity index (χ3n) is 4.17. The first-order chi connectivity index (χ1) is 9.74. The fourth-order valence-corrected chi connectivity index (χ4v) is 2.66. The van der Waals surface area contributed by atoms with Gasteiger partial charge in [-0.25, -0.2) is 0 Å². The van der Waals surface area contributed by atoms with Gasteiger partial charge in [-0.15, -0.1) is 0 Å². The van der Waals surface area contributed by atoms with E-state index in [-0.39, 0.29) is 0 Å². The van der Waals surface area contributed by atoms with E-state index in [2.05, 4.69) is 26.1 Å². The highest BCUT2D eigenvalue weighted by Gasteiger charge is 2.26. The van der Waals surface area contributed by atoms with Gasteiger partial charge >= 0.3 is 0 Å². The largest absolute Gasteiger partial charge is 0.382 e. The van der Waals surface area contributed by atoms with Crippen molar-refractivity contribution in [3.63, 3.8) is 0 Å². The van der Waals surface area contributed by atoms with Gasteiger partial charge in [0.25, 0.3) is 0 Å². The second-order valence-electron chi connectivity index (χ2n) is 5.84. The molecular weight excluding hydrogens is 250 g/mol. The SMILES string of the molecule is CCCCC(CC)(CCCOCCOC)CNCCC. The monoisotopic (exact) mass is 287 g/mol. The molecule has 1 N–H and O–H groups in total. The van der Waals surface area contributed by atoms with Crippen molar-refractivity contribution in [3.8, 4) is 0 Å². The van der Waals surface area contributed by atoms with Gasteiger partial charge in [-0.1, -0.05) is 33.6 Å². The molecule has 0 spiro atoms. The molecule has 122 valence electrons. The van der Waals surface area contributed by atoms with E-state index in [1.54, 1.807) is 7.11 Å². The zero-order chi connectivity index (χ0) is 15.1. The third kappa shape index (κ3) is 9.73. The zero-order valence-corrected chi connectivity index (χ0v) is 14.3. The molecule has 0 radical (unpaired) electrons. The highest BCUT2D eigenvalue weighted by atomic mass is 16.5. The van der Waals surface area contributed by atoms with E-state index < -0.39 is 0 Å². The Morgan fingerprint density at radius 2 is 1.65 bits per heavy atom. The first-order valence-electron chi connectivity index (χ1n) is 8.52. The van der Waals surface area contributed by atoms with Crippen LogP contribution in [0, 0.1) is 5.41 Å². The van der Waals surface area contributed by atoms with Gasteiger partial charge in [0, 0.05) is 20.3 Å². The van der Waals surface area contributed by atoms with E-state index >= 15 is 0 Å². The third-order valence-corrected chi connectivity index (χ3v) is 4.17. The van der Waals surface area contributed by atoms with E-state index in [1.165, 1.54) is 38.5 Å². The first-order valence-corrected chi connectivity index (χ1v) is 8.52. The molecule has 0 fully saturated rings. The zero-order valence-electron chi connectivity index (χ0n) is 14.3. The van der Waals surface area contributed by atoms with Crippen molar-refractivity contribution in [3.05, 3.63) is 0 Å². The van der Waals surface area contributed by atoms with Crippen LogP contribution in [0.5, 0.6) is 0 Å². The van der Waals surface area contributed by atoms with Crippen molar-refractivity contribution in [2.75, 3.05) is 40.0 Å². The van der Waals surface area contributed by atoms with Crippen LogP contribution in [0.4, 0.5) is 0 Å². The minimum absolute atomic E-state index is 0.468. The van der Waals surface area contributed by atoms with E-state index in [1.807, 2.05) is 0 Å². The molecule has 0 aliphatic carbocycles. The second-order valence-corrected chi connectivity index (χ2v) is 5.84. The Hall–Kier alpha value is -0.120. The Labute approximate surface area is 126 Å². The lowest BCUT2D eigenvalue weighted by molar-refractivity contribution is 0.0618. The minimum atomic E-state index is 0.468. The molecule has 3 heteroatoms. The Morgan fingerprint density at radius 1 is 0.900 bits per heavy atom. The standard InChI is InChI=1S/C17H37NO2/c1-5-8-10-17(7-3,16-18-12-6-2)11-9-13-20-15-14-19-4/h18H,5-16H2,1-4H3. The smallest absolute Gasteiger partial charge is 0.0700 e. The average Bonchev–Trinajstić information content (AvgIpc) is 2.48. The van der Waals surface area contributed by atoms with Crippen LogP contribution in [0.2, 0.25) is 0 Å². The van der Waals surface area contributed by atoms with Crippen LogP contribution in [0.3, 0.4) is 0 Å². The van der Waals surface area contributed by atoms with Crippen molar-refractivity contribution in [2.24, 2.45) is 5.41 Å². The predicted molar refractivity (Wildman–Crippen MR) is 87.3 cm³/mol. The summed E-state index contributed by atoms with van der Waals surface area (Å²) >= 11 is 0. The van der Waals surface area contributed by atoms with Crippen molar-refractivity contribution in [1.82, 2.24) is 5.32 Å². The maximum atomic E-state index is 5.60. The van der Waals surface area contributed by atoms with Crippen LogP contribution in [-0.2, 0) is 9.47 Å². The van der Waals surface area contributed by atoms with Gasteiger partial charge in [-0.05, 0) is 44.1 Å². The van der Waals surface area contributed by atoms with Gasteiger partial charge in [0.2, 0.25) is 0 Å². The molecule has 0 saturated heterocycles. The molecule has 20 heavy (non-hydrogen) atoms. The molecule has 0 heterocycles. The molecule has 0 aliphatic rings. The highest BCUT2D eigenvalue weighted by Crippen LogP contribution is 2.33. The van der Waals surface area contributed by atoms with Gasteiger partial charge in [-0.3, -0.25) is 0 Å². The molecule has 0 saturated carbocycles. The summed E-state index contributed by atoms with van der Waals surface area (Å²) in [7, 11) is 1.72. The van der Waals surface area contributed by atoms with E-state index in [0.29, 0.717) is 12.0 Å². The Kier molecular flexibility index (Phi) is 13.8. The number of nitrogens with one attached hydrogen (secondary N) is 1. The molecule has 0 bridgehead atoms. The average molecular weight is 287 g/mol. The van der Waals surface area contributed by atoms with Crippen LogP contribution < -0.4 is 5.32 Å². The molecule has 0 aromatic heterocycles.